The van der Waals surface area contributed by atoms with Crippen molar-refractivity contribution < 1.29 is 14.1 Å². The molecule has 0 aliphatic heterocycles. The molecule has 0 bridgehead atoms. The lowest BCUT2D eigenvalue weighted by Crippen LogP contribution is -2.27. The van der Waals surface area contributed by atoms with Gasteiger partial charge in [-0.2, -0.15) is 0 Å². The zero-order valence-corrected chi connectivity index (χ0v) is 16.1. The average molecular weight is 397 g/mol. The van der Waals surface area contributed by atoms with Crippen LogP contribution in [0.15, 0.2) is 77.3 Å². The van der Waals surface area contributed by atoms with Crippen molar-refractivity contribution in [2.24, 2.45) is 0 Å². The van der Waals surface area contributed by atoms with Crippen LogP contribution in [0.4, 0.5) is 5.69 Å². The molecule has 5 rings (SSSR count). The number of hydrogen-bond acceptors (Lipinski definition) is 4. The van der Waals surface area contributed by atoms with Crippen LogP contribution in [0.3, 0.4) is 0 Å². The Morgan fingerprint density at radius 2 is 1.67 bits per heavy atom. The number of hydrogen-bond donors (Lipinski definition) is 2. The smallest absolute Gasteiger partial charge is 0.255 e. The summed E-state index contributed by atoms with van der Waals surface area (Å²) in [5.74, 6) is 0.141. The van der Waals surface area contributed by atoms with Gasteiger partial charge in [-0.3, -0.25) is 9.59 Å². The summed E-state index contributed by atoms with van der Waals surface area (Å²) in [4.78, 5) is 25.4. The molecule has 1 heterocycles. The number of carbonyl (C=O) groups is 2. The van der Waals surface area contributed by atoms with Crippen molar-refractivity contribution in [1.82, 2.24) is 10.5 Å². The highest BCUT2D eigenvalue weighted by Gasteiger charge is 2.25. The van der Waals surface area contributed by atoms with Crippen LogP contribution in [-0.4, -0.2) is 23.0 Å². The molecule has 6 heteroatoms. The Kier molecular flexibility index (Phi) is 4.52. The Morgan fingerprint density at radius 1 is 0.900 bits per heavy atom. The summed E-state index contributed by atoms with van der Waals surface area (Å²) < 4.78 is 5.51. The fourth-order valence-electron chi connectivity index (χ4n) is 3.36. The van der Waals surface area contributed by atoms with Crippen LogP contribution in [0.2, 0.25) is 0 Å². The summed E-state index contributed by atoms with van der Waals surface area (Å²) in [5, 5.41) is 10.7. The second-order valence-corrected chi connectivity index (χ2v) is 7.36. The Bertz CT molecular complexity index is 1240. The van der Waals surface area contributed by atoms with Crippen LogP contribution >= 0.6 is 0 Å². The number of aromatic nitrogens is 1. The molecule has 1 aliphatic rings. The molecule has 0 saturated heterocycles. The maximum atomic E-state index is 12.9. The average Bonchev–Trinajstić information content (AvgIpc) is 3.49. The van der Waals surface area contributed by atoms with E-state index in [0.717, 1.165) is 23.8 Å². The van der Waals surface area contributed by atoms with Gasteiger partial charge >= 0.3 is 0 Å². The second kappa shape index (κ2) is 7.48. The molecule has 30 heavy (non-hydrogen) atoms. The maximum absolute atomic E-state index is 12.9. The van der Waals surface area contributed by atoms with Gasteiger partial charge in [0.25, 0.3) is 11.8 Å². The van der Waals surface area contributed by atoms with Crippen molar-refractivity contribution in [2.75, 3.05) is 5.32 Å². The van der Waals surface area contributed by atoms with Crippen molar-refractivity contribution in [1.29, 1.82) is 0 Å². The second-order valence-electron chi connectivity index (χ2n) is 7.36. The predicted molar refractivity (Wildman–Crippen MR) is 114 cm³/mol. The molecule has 148 valence electrons. The Labute approximate surface area is 172 Å². The quantitative estimate of drug-likeness (QED) is 0.514. The van der Waals surface area contributed by atoms with E-state index in [1.165, 1.54) is 0 Å². The van der Waals surface area contributed by atoms with Gasteiger partial charge in [0.15, 0.2) is 5.76 Å². The summed E-state index contributed by atoms with van der Waals surface area (Å²) in [7, 11) is 0. The van der Waals surface area contributed by atoms with Gasteiger partial charge in [-0.25, -0.2) is 0 Å². The molecule has 0 atom stereocenters. The first-order valence-electron chi connectivity index (χ1n) is 9.85. The standard InChI is InChI=1S/C24H19N3O3/c28-23(26-20-9-5-4-8-18(20)24(29)25-17-11-12-17)16-10-13-21-19(14-16)22(30-27-21)15-6-2-1-3-7-15/h1-10,13-14,17H,11-12H2,(H,25,29)(H,26,28). The van der Waals surface area contributed by atoms with Gasteiger partial charge in [0, 0.05) is 17.2 Å². The van der Waals surface area contributed by atoms with Crippen LogP contribution in [-0.2, 0) is 0 Å². The van der Waals surface area contributed by atoms with E-state index in [1.54, 1.807) is 42.5 Å². The van der Waals surface area contributed by atoms with E-state index in [0.29, 0.717) is 28.1 Å². The number of nitrogens with one attached hydrogen (secondary N) is 2. The molecule has 0 radical (unpaired) electrons. The molecule has 0 spiro atoms. The summed E-state index contributed by atoms with van der Waals surface area (Å²) in [6.07, 6.45) is 2.01. The first kappa shape index (κ1) is 18.1. The Balaban J connectivity index is 1.44. The monoisotopic (exact) mass is 397 g/mol. The van der Waals surface area contributed by atoms with E-state index in [9.17, 15) is 9.59 Å². The van der Waals surface area contributed by atoms with Crippen LogP contribution < -0.4 is 10.6 Å². The number of anilines is 1. The van der Waals surface area contributed by atoms with E-state index in [1.807, 2.05) is 30.3 Å². The third-order valence-corrected chi connectivity index (χ3v) is 5.11. The van der Waals surface area contributed by atoms with Crippen molar-refractivity contribution >= 4 is 28.4 Å². The first-order chi connectivity index (χ1) is 14.7. The van der Waals surface area contributed by atoms with Gasteiger partial charge in [-0.15, -0.1) is 0 Å². The molecule has 4 aromatic rings. The highest BCUT2D eigenvalue weighted by Crippen LogP contribution is 2.29. The van der Waals surface area contributed by atoms with Crippen LogP contribution in [0.25, 0.3) is 22.2 Å². The first-order valence-corrected chi connectivity index (χ1v) is 9.85. The lowest BCUT2D eigenvalue weighted by atomic mass is 10.1. The summed E-state index contributed by atoms with van der Waals surface area (Å²) in [5.41, 5.74) is 2.96. The molecule has 1 saturated carbocycles. The number of benzene rings is 3. The largest absolute Gasteiger partial charge is 0.355 e. The fraction of sp³-hybridized carbons (Fsp3) is 0.125. The van der Waals surface area contributed by atoms with E-state index < -0.39 is 0 Å². The fourth-order valence-corrected chi connectivity index (χ4v) is 3.36. The van der Waals surface area contributed by atoms with Gasteiger partial charge in [-0.05, 0) is 43.2 Å². The number of carbonyl (C=O) groups excluding carboxylic acids is 2. The number of rotatable bonds is 5. The summed E-state index contributed by atoms with van der Waals surface area (Å²) in [6.45, 7) is 0. The molecule has 2 amide bonds. The lowest BCUT2D eigenvalue weighted by molar-refractivity contribution is 0.0952. The minimum Gasteiger partial charge on any atom is -0.355 e. The number of nitrogens with zero attached hydrogens (tertiary/aromatic N) is 1. The highest BCUT2D eigenvalue weighted by atomic mass is 16.5. The minimum absolute atomic E-state index is 0.172. The zero-order chi connectivity index (χ0) is 20.5. The zero-order valence-electron chi connectivity index (χ0n) is 16.1. The van der Waals surface area contributed by atoms with Gasteiger partial charge in [0.1, 0.15) is 5.52 Å². The topological polar surface area (TPSA) is 84.2 Å². The lowest BCUT2D eigenvalue weighted by Gasteiger charge is -2.11. The molecule has 1 aliphatic carbocycles. The number of fused-ring (bicyclic) bond motifs is 1. The molecule has 2 N–H and O–H groups in total. The molecule has 6 nitrogen and oxygen atoms in total. The number of amides is 2. The summed E-state index contributed by atoms with van der Waals surface area (Å²) in [6, 6.07) is 22.1. The third kappa shape index (κ3) is 3.55. The molecular weight excluding hydrogens is 378 g/mol. The third-order valence-electron chi connectivity index (χ3n) is 5.11. The van der Waals surface area contributed by atoms with Crippen LogP contribution in [0.5, 0.6) is 0 Å². The molecule has 3 aromatic carbocycles. The van der Waals surface area contributed by atoms with E-state index in [4.69, 9.17) is 4.52 Å². The van der Waals surface area contributed by atoms with Gasteiger partial charge < -0.3 is 15.2 Å². The minimum atomic E-state index is -0.302. The Morgan fingerprint density at radius 3 is 2.47 bits per heavy atom. The van der Waals surface area contributed by atoms with Gasteiger partial charge in [-0.1, -0.05) is 47.6 Å². The van der Waals surface area contributed by atoms with E-state index >= 15 is 0 Å². The highest BCUT2D eigenvalue weighted by molar-refractivity contribution is 6.10. The van der Waals surface area contributed by atoms with Gasteiger partial charge in [0.2, 0.25) is 0 Å². The molecule has 0 unspecified atom stereocenters. The van der Waals surface area contributed by atoms with E-state index in [2.05, 4.69) is 15.8 Å². The van der Waals surface area contributed by atoms with Crippen LogP contribution in [0.1, 0.15) is 33.6 Å². The van der Waals surface area contributed by atoms with Crippen molar-refractivity contribution in [3.8, 4) is 11.3 Å². The SMILES string of the molecule is O=C(Nc1ccccc1C(=O)NC1CC1)c1ccc2noc(-c3ccccc3)c2c1. The Hall–Kier alpha value is -3.93. The number of para-hydroxylation sites is 1. The summed E-state index contributed by atoms with van der Waals surface area (Å²) >= 11 is 0. The van der Waals surface area contributed by atoms with Crippen molar-refractivity contribution in [2.45, 2.75) is 18.9 Å². The maximum Gasteiger partial charge on any atom is 0.255 e. The molecule has 1 aromatic heterocycles. The van der Waals surface area contributed by atoms with Crippen molar-refractivity contribution in [3.63, 3.8) is 0 Å². The molecular formula is C24H19N3O3. The normalized spacial score (nSPS) is 13.2. The van der Waals surface area contributed by atoms with Crippen molar-refractivity contribution in [3.05, 3.63) is 83.9 Å². The molecule has 1 fully saturated rings. The predicted octanol–water partition coefficient (Wildman–Crippen LogP) is 4.64. The van der Waals surface area contributed by atoms with Crippen LogP contribution in [0, 0.1) is 0 Å². The van der Waals surface area contributed by atoms with E-state index in [-0.39, 0.29) is 17.9 Å². The van der Waals surface area contributed by atoms with Gasteiger partial charge in [0.05, 0.1) is 16.6 Å².